The molecular weight excluding hydrogens is 278 g/mol. The third-order valence-corrected chi connectivity index (χ3v) is 2.26. The van der Waals surface area contributed by atoms with Gasteiger partial charge in [0.15, 0.2) is 0 Å². The van der Waals surface area contributed by atoms with E-state index in [1.54, 1.807) is 13.1 Å². The lowest BCUT2D eigenvalue weighted by molar-refractivity contribution is -0.384. The summed E-state index contributed by atoms with van der Waals surface area (Å²) in [7, 11) is 1.62. The molecule has 0 saturated carbocycles. The van der Waals surface area contributed by atoms with E-state index in [-0.39, 0.29) is 23.8 Å². The molecule has 0 aliphatic rings. The van der Waals surface area contributed by atoms with Crippen molar-refractivity contribution in [2.24, 2.45) is 0 Å². The lowest BCUT2D eigenvalue weighted by atomic mass is 10.2. The van der Waals surface area contributed by atoms with Crippen molar-refractivity contribution in [3.8, 4) is 0 Å². The van der Waals surface area contributed by atoms with Gasteiger partial charge in [-0.25, -0.2) is 0 Å². The molecule has 1 aromatic carbocycles. The molecule has 86 valence electrons. The first-order chi connectivity index (χ1) is 7.54. The summed E-state index contributed by atoms with van der Waals surface area (Å²) in [6.45, 7) is 0.104. The molecule has 0 aliphatic carbocycles. The zero-order chi connectivity index (χ0) is 12.1. The van der Waals surface area contributed by atoms with Crippen LogP contribution in [0.1, 0.15) is 0 Å². The highest BCUT2D eigenvalue weighted by Gasteiger charge is 2.15. The van der Waals surface area contributed by atoms with Gasteiger partial charge in [0.2, 0.25) is 5.91 Å². The Bertz CT molecular complexity index is 422. The van der Waals surface area contributed by atoms with E-state index >= 15 is 0 Å². The SMILES string of the molecule is CNCC(=O)Nc1ccc(Br)cc1[N+](=O)[O-]. The molecule has 7 heteroatoms. The van der Waals surface area contributed by atoms with E-state index in [1.165, 1.54) is 12.1 Å². The Kier molecular flexibility index (Phi) is 4.39. The van der Waals surface area contributed by atoms with Crippen molar-refractivity contribution < 1.29 is 9.72 Å². The fourth-order valence-electron chi connectivity index (χ4n) is 1.12. The number of carbonyl (C=O) groups is 1. The second kappa shape index (κ2) is 5.57. The third-order valence-electron chi connectivity index (χ3n) is 1.77. The minimum absolute atomic E-state index is 0.104. The molecule has 0 saturated heterocycles. The first-order valence-electron chi connectivity index (χ1n) is 4.43. The normalized spacial score (nSPS) is 9.88. The highest BCUT2D eigenvalue weighted by atomic mass is 79.9. The topological polar surface area (TPSA) is 84.3 Å². The van der Waals surface area contributed by atoms with E-state index in [4.69, 9.17) is 0 Å². The Morgan fingerprint density at radius 3 is 2.81 bits per heavy atom. The van der Waals surface area contributed by atoms with Crippen molar-refractivity contribution in [2.45, 2.75) is 0 Å². The summed E-state index contributed by atoms with van der Waals surface area (Å²) in [6.07, 6.45) is 0. The molecule has 0 spiro atoms. The standard InChI is InChI=1S/C9H10BrN3O3/c1-11-5-9(14)12-7-3-2-6(10)4-8(7)13(15)16/h2-4,11H,5H2,1H3,(H,12,14). The zero-order valence-corrected chi connectivity index (χ0v) is 10.1. The molecule has 0 bridgehead atoms. The average molecular weight is 288 g/mol. The molecule has 1 aromatic rings. The molecular formula is C9H10BrN3O3. The highest BCUT2D eigenvalue weighted by molar-refractivity contribution is 9.10. The molecule has 0 aromatic heterocycles. The Labute approximate surface area is 100 Å². The number of hydrogen-bond donors (Lipinski definition) is 2. The summed E-state index contributed by atoms with van der Waals surface area (Å²) < 4.78 is 0.589. The molecule has 0 radical (unpaired) electrons. The maximum atomic E-state index is 11.3. The van der Waals surface area contributed by atoms with Crippen LogP contribution in [0.2, 0.25) is 0 Å². The van der Waals surface area contributed by atoms with Crippen LogP contribution in [0.3, 0.4) is 0 Å². The van der Waals surface area contributed by atoms with E-state index in [2.05, 4.69) is 26.6 Å². The summed E-state index contributed by atoms with van der Waals surface area (Å²) in [4.78, 5) is 21.5. The van der Waals surface area contributed by atoms with Crippen molar-refractivity contribution in [1.82, 2.24) is 5.32 Å². The second-order valence-corrected chi connectivity index (χ2v) is 3.91. The van der Waals surface area contributed by atoms with Crippen molar-refractivity contribution in [1.29, 1.82) is 0 Å². The van der Waals surface area contributed by atoms with Crippen LogP contribution in [-0.4, -0.2) is 24.4 Å². The number of halogens is 1. The molecule has 6 nitrogen and oxygen atoms in total. The summed E-state index contributed by atoms with van der Waals surface area (Å²) in [5.74, 6) is -0.326. The van der Waals surface area contributed by atoms with Gasteiger partial charge >= 0.3 is 0 Å². The number of nitro groups is 1. The number of nitrogens with one attached hydrogen (secondary N) is 2. The average Bonchev–Trinajstić information content (AvgIpc) is 2.20. The van der Waals surface area contributed by atoms with Gasteiger partial charge in [-0.3, -0.25) is 14.9 Å². The number of likely N-dealkylation sites (N-methyl/N-ethyl adjacent to an activating group) is 1. The number of nitro benzene ring substituents is 1. The number of benzene rings is 1. The molecule has 2 N–H and O–H groups in total. The van der Waals surface area contributed by atoms with Gasteiger partial charge in [-0.2, -0.15) is 0 Å². The van der Waals surface area contributed by atoms with Gasteiger partial charge in [-0.05, 0) is 19.2 Å². The maximum absolute atomic E-state index is 11.3. The van der Waals surface area contributed by atoms with Crippen LogP contribution in [0.25, 0.3) is 0 Å². The summed E-state index contributed by atoms with van der Waals surface area (Å²) in [5.41, 5.74) is 0.0484. The van der Waals surface area contributed by atoms with Crippen LogP contribution in [-0.2, 0) is 4.79 Å². The first kappa shape index (κ1) is 12.6. The van der Waals surface area contributed by atoms with Gasteiger partial charge < -0.3 is 10.6 Å². The number of carbonyl (C=O) groups excluding carboxylic acids is 1. The molecule has 0 aliphatic heterocycles. The van der Waals surface area contributed by atoms with Crippen LogP contribution in [0.15, 0.2) is 22.7 Å². The van der Waals surface area contributed by atoms with Gasteiger partial charge in [0, 0.05) is 10.5 Å². The summed E-state index contributed by atoms with van der Waals surface area (Å²) in [6, 6.07) is 4.45. The number of nitrogens with zero attached hydrogens (tertiary/aromatic N) is 1. The number of rotatable bonds is 4. The van der Waals surface area contributed by atoms with Crippen molar-refractivity contribution in [3.63, 3.8) is 0 Å². The number of amides is 1. The molecule has 0 heterocycles. The maximum Gasteiger partial charge on any atom is 0.293 e. The lowest BCUT2D eigenvalue weighted by Gasteiger charge is -2.05. The fourth-order valence-corrected chi connectivity index (χ4v) is 1.47. The Balaban J connectivity index is 2.95. The van der Waals surface area contributed by atoms with Crippen LogP contribution in [0.4, 0.5) is 11.4 Å². The van der Waals surface area contributed by atoms with Crippen molar-refractivity contribution >= 4 is 33.2 Å². The van der Waals surface area contributed by atoms with E-state index in [1.807, 2.05) is 0 Å². The van der Waals surface area contributed by atoms with Gasteiger partial charge in [-0.1, -0.05) is 15.9 Å². The van der Waals surface area contributed by atoms with Gasteiger partial charge in [0.1, 0.15) is 5.69 Å². The predicted octanol–water partition coefficient (Wildman–Crippen LogP) is 1.52. The smallest absolute Gasteiger partial charge is 0.293 e. The van der Waals surface area contributed by atoms with E-state index in [0.717, 1.165) is 0 Å². The molecule has 0 fully saturated rings. The van der Waals surface area contributed by atoms with E-state index < -0.39 is 4.92 Å². The monoisotopic (exact) mass is 287 g/mol. The van der Waals surface area contributed by atoms with Crippen LogP contribution in [0.5, 0.6) is 0 Å². The summed E-state index contributed by atoms with van der Waals surface area (Å²) >= 11 is 3.13. The minimum Gasteiger partial charge on any atom is -0.319 e. The summed E-state index contributed by atoms with van der Waals surface area (Å²) in [5, 5.41) is 15.8. The number of hydrogen-bond acceptors (Lipinski definition) is 4. The number of anilines is 1. The predicted molar refractivity (Wildman–Crippen MR) is 63.4 cm³/mol. The van der Waals surface area contributed by atoms with Crippen molar-refractivity contribution in [2.75, 3.05) is 18.9 Å². The third kappa shape index (κ3) is 3.28. The van der Waals surface area contributed by atoms with E-state index in [0.29, 0.717) is 4.47 Å². The molecule has 0 atom stereocenters. The Morgan fingerprint density at radius 2 is 2.25 bits per heavy atom. The van der Waals surface area contributed by atoms with Crippen LogP contribution < -0.4 is 10.6 Å². The van der Waals surface area contributed by atoms with Crippen molar-refractivity contribution in [3.05, 3.63) is 32.8 Å². The van der Waals surface area contributed by atoms with Crippen LogP contribution >= 0.6 is 15.9 Å². The lowest BCUT2D eigenvalue weighted by Crippen LogP contribution is -2.25. The highest BCUT2D eigenvalue weighted by Crippen LogP contribution is 2.27. The molecule has 1 amide bonds. The quantitative estimate of drug-likeness (QED) is 0.649. The van der Waals surface area contributed by atoms with E-state index in [9.17, 15) is 14.9 Å². The van der Waals surface area contributed by atoms with Gasteiger partial charge in [0.05, 0.1) is 11.5 Å². The largest absolute Gasteiger partial charge is 0.319 e. The van der Waals surface area contributed by atoms with Gasteiger partial charge in [-0.15, -0.1) is 0 Å². The molecule has 1 rings (SSSR count). The fraction of sp³-hybridized carbons (Fsp3) is 0.222. The molecule has 0 unspecified atom stereocenters. The Hall–Kier alpha value is -1.47. The van der Waals surface area contributed by atoms with Crippen LogP contribution in [0, 0.1) is 10.1 Å². The van der Waals surface area contributed by atoms with Gasteiger partial charge in [0.25, 0.3) is 5.69 Å². The minimum atomic E-state index is -0.542. The molecule has 16 heavy (non-hydrogen) atoms. The second-order valence-electron chi connectivity index (χ2n) is 3.00. The first-order valence-corrected chi connectivity index (χ1v) is 5.22. The zero-order valence-electron chi connectivity index (χ0n) is 8.49. The Morgan fingerprint density at radius 1 is 1.56 bits per heavy atom.